The molecule has 7 heteroatoms. The van der Waals surface area contributed by atoms with Gasteiger partial charge in [-0.05, 0) is 19.9 Å². The van der Waals surface area contributed by atoms with E-state index in [4.69, 9.17) is 10.5 Å². The summed E-state index contributed by atoms with van der Waals surface area (Å²) in [6.07, 6.45) is 0.174. The topological polar surface area (TPSA) is 94.5 Å². The predicted molar refractivity (Wildman–Crippen MR) is 69.7 cm³/mol. The van der Waals surface area contributed by atoms with Crippen molar-refractivity contribution in [1.29, 1.82) is 0 Å². The highest BCUT2D eigenvalue weighted by Crippen LogP contribution is 2.22. The molecule has 0 radical (unpaired) electrons. The first-order valence-electron chi connectivity index (χ1n) is 5.65. The minimum absolute atomic E-state index is 0.0749. The van der Waals surface area contributed by atoms with Crippen LogP contribution in [0.2, 0.25) is 0 Å². The van der Waals surface area contributed by atoms with E-state index in [2.05, 4.69) is 4.98 Å². The second kappa shape index (κ2) is 6.15. The van der Waals surface area contributed by atoms with E-state index in [0.29, 0.717) is 19.0 Å². The highest BCUT2D eigenvalue weighted by Gasteiger charge is 2.14. The zero-order valence-electron chi connectivity index (χ0n) is 10.8. The standard InChI is InChI=1S/C11H18N4O3/c1-8(2)18-7-6-14(3)10-5-4-9(15(16)17)11(12)13-10/h4-5,8H,6-7H2,1-3H3,(H2,12,13). The van der Waals surface area contributed by atoms with Crippen LogP contribution in [0.3, 0.4) is 0 Å². The van der Waals surface area contributed by atoms with E-state index in [9.17, 15) is 10.1 Å². The van der Waals surface area contributed by atoms with Crippen molar-refractivity contribution in [1.82, 2.24) is 4.98 Å². The largest absolute Gasteiger partial charge is 0.378 e. The second-order valence-electron chi connectivity index (χ2n) is 4.17. The number of nitrogens with two attached hydrogens (primary N) is 1. The van der Waals surface area contributed by atoms with Gasteiger partial charge in [-0.3, -0.25) is 10.1 Å². The average Bonchev–Trinajstić information content (AvgIpc) is 2.27. The van der Waals surface area contributed by atoms with Crippen LogP contribution in [0.5, 0.6) is 0 Å². The number of ether oxygens (including phenoxy) is 1. The molecule has 0 spiro atoms. The average molecular weight is 254 g/mol. The molecule has 0 aliphatic carbocycles. The molecule has 18 heavy (non-hydrogen) atoms. The van der Waals surface area contributed by atoms with Gasteiger partial charge in [0.15, 0.2) is 0 Å². The van der Waals surface area contributed by atoms with E-state index in [-0.39, 0.29) is 17.6 Å². The molecular formula is C11H18N4O3. The molecule has 0 fully saturated rings. The fourth-order valence-corrected chi connectivity index (χ4v) is 1.36. The van der Waals surface area contributed by atoms with Crippen molar-refractivity contribution >= 4 is 17.3 Å². The van der Waals surface area contributed by atoms with Crippen molar-refractivity contribution in [3.05, 3.63) is 22.2 Å². The van der Waals surface area contributed by atoms with Gasteiger partial charge < -0.3 is 15.4 Å². The van der Waals surface area contributed by atoms with Gasteiger partial charge in [0.25, 0.3) is 0 Å². The number of hydrogen-bond donors (Lipinski definition) is 1. The summed E-state index contributed by atoms with van der Waals surface area (Å²) >= 11 is 0. The summed E-state index contributed by atoms with van der Waals surface area (Å²) in [6, 6.07) is 2.93. The summed E-state index contributed by atoms with van der Waals surface area (Å²) in [5.41, 5.74) is 5.35. The van der Waals surface area contributed by atoms with Gasteiger partial charge in [-0.1, -0.05) is 0 Å². The first-order chi connectivity index (χ1) is 8.41. The van der Waals surface area contributed by atoms with E-state index in [1.54, 1.807) is 6.07 Å². The Morgan fingerprint density at radius 1 is 1.56 bits per heavy atom. The Morgan fingerprint density at radius 3 is 2.72 bits per heavy atom. The molecule has 100 valence electrons. The molecule has 2 N–H and O–H groups in total. The van der Waals surface area contributed by atoms with Crippen LogP contribution in [0.25, 0.3) is 0 Å². The maximum absolute atomic E-state index is 10.6. The minimum atomic E-state index is -0.548. The summed E-state index contributed by atoms with van der Waals surface area (Å²) in [5, 5.41) is 10.6. The van der Waals surface area contributed by atoms with Crippen molar-refractivity contribution in [2.24, 2.45) is 0 Å². The molecule has 1 heterocycles. The molecule has 0 aliphatic rings. The van der Waals surface area contributed by atoms with E-state index >= 15 is 0 Å². The molecule has 1 aromatic rings. The lowest BCUT2D eigenvalue weighted by Crippen LogP contribution is -2.25. The highest BCUT2D eigenvalue weighted by molar-refractivity contribution is 5.57. The molecule has 0 unspecified atom stereocenters. The first kappa shape index (κ1) is 14.2. The van der Waals surface area contributed by atoms with Crippen LogP contribution in [0.4, 0.5) is 17.3 Å². The summed E-state index contributed by atoms with van der Waals surface area (Å²) in [4.78, 5) is 15.9. The Labute approximate surface area is 106 Å². The Morgan fingerprint density at radius 2 is 2.22 bits per heavy atom. The molecule has 0 saturated carbocycles. The summed E-state index contributed by atoms with van der Waals surface area (Å²) < 4.78 is 5.42. The van der Waals surface area contributed by atoms with Gasteiger partial charge in [0.1, 0.15) is 5.82 Å². The third-order valence-corrected chi connectivity index (χ3v) is 2.35. The van der Waals surface area contributed by atoms with Gasteiger partial charge in [0.05, 0.1) is 17.6 Å². The van der Waals surface area contributed by atoms with Crippen LogP contribution in [0, 0.1) is 10.1 Å². The lowest BCUT2D eigenvalue weighted by atomic mass is 10.3. The SMILES string of the molecule is CC(C)OCCN(C)c1ccc([N+](=O)[O-])c(N)n1. The zero-order chi connectivity index (χ0) is 13.7. The number of nitro groups is 1. The molecule has 0 bridgehead atoms. The Kier molecular flexibility index (Phi) is 4.85. The molecule has 0 atom stereocenters. The molecule has 0 saturated heterocycles. The molecule has 1 rings (SSSR count). The Hall–Kier alpha value is -1.89. The number of likely N-dealkylation sites (N-methyl/N-ethyl adjacent to an activating group) is 1. The number of nitrogens with zero attached hydrogens (tertiary/aromatic N) is 3. The van der Waals surface area contributed by atoms with Crippen molar-refractivity contribution in [2.75, 3.05) is 30.8 Å². The number of rotatable bonds is 6. The van der Waals surface area contributed by atoms with Crippen LogP contribution in [-0.2, 0) is 4.74 Å². The van der Waals surface area contributed by atoms with Crippen LogP contribution in [0.15, 0.2) is 12.1 Å². The van der Waals surface area contributed by atoms with Crippen molar-refractivity contribution < 1.29 is 9.66 Å². The maximum Gasteiger partial charge on any atom is 0.311 e. The Bertz CT molecular complexity index is 423. The third kappa shape index (κ3) is 3.85. The van der Waals surface area contributed by atoms with Gasteiger partial charge in [0.2, 0.25) is 5.82 Å². The maximum atomic E-state index is 10.6. The Balaban J connectivity index is 2.66. The van der Waals surface area contributed by atoms with Gasteiger partial charge in [-0.15, -0.1) is 0 Å². The molecule has 0 aromatic carbocycles. The van der Waals surface area contributed by atoms with E-state index in [0.717, 1.165) is 0 Å². The normalized spacial score (nSPS) is 10.7. The number of anilines is 2. The molecule has 1 aromatic heterocycles. The summed E-state index contributed by atoms with van der Waals surface area (Å²) in [7, 11) is 1.83. The quantitative estimate of drug-likeness (QED) is 0.609. The third-order valence-electron chi connectivity index (χ3n) is 2.35. The van der Waals surface area contributed by atoms with Crippen molar-refractivity contribution in [3.8, 4) is 0 Å². The van der Waals surface area contributed by atoms with Crippen LogP contribution in [0.1, 0.15) is 13.8 Å². The van der Waals surface area contributed by atoms with Gasteiger partial charge in [-0.25, -0.2) is 4.98 Å². The number of pyridine rings is 1. The zero-order valence-corrected chi connectivity index (χ0v) is 10.8. The molecule has 0 aliphatic heterocycles. The minimum Gasteiger partial charge on any atom is -0.378 e. The van der Waals surface area contributed by atoms with Crippen LogP contribution < -0.4 is 10.6 Å². The van der Waals surface area contributed by atoms with E-state index in [1.165, 1.54) is 6.07 Å². The molecule has 7 nitrogen and oxygen atoms in total. The highest BCUT2D eigenvalue weighted by atomic mass is 16.6. The number of hydrogen-bond acceptors (Lipinski definition) is 6. The van der Waals surface area contributed by atoms with Crippen molar-refractivity contribution in [3.63, 3.8) is 0 Å². The predicted octanol–water partition coefficient (Wildman–Crippen LogP) is 1.43. The smallest absolute Gasteiger partial charge is 0.311 e. The number of nitrogen functional groups attached to an aromatic ring is 1. The van der Waals surface area contributed by atoms with Crippen LogP contribution >= 0.6 is 0 Å². The van der Waals surface area contributed by atoms with Gasteiger partial charge in [-0.2, -0.15) is 0 Å². The molecule has 0 amide bonds. The van der Waals surface area contributed by atoms with Gasteiger partial charge >= 0.3 is 5.69 Å². The van der Waals surface area contributed by atoms with Crippen LogP contribution in [-0.4, -0.2) is 36.2 Å². The fraction of sp³-hybridized carbons (Fsp3) is 0.545. The first-order valence-corrected chi connectivity index (χ1v) is 5.65. The monoisotopic (exact) mass is 254 g/mol. The van der Waals surface area contributed by atoms with Gasteiger partial charge in [0, 0.05) is 19.7 Å². The second-order valence-corrected chi connectivity index (χ2v) is 4.17. The van der Waals surface area contributed by atoms with E-state index in [1.807, 2.05) is 25.8 Å². The van der Waals surface area contributed by atoms with Crippen molar-refractivity contribution in [2.45, 2.75) is 20.0 Å². The summed E-state index contributed by atoms with van der Waals surface area (Å²) in [5.74, 6) is 0.514. The number of aromatic nitrogens is 1. The molecular weight excluding hydrogens is 236 g/mol. The lowest BCUT2D eigenvalue weighted by molar-refractivity contribution is -0.384. The lowest BCUT2D eigenvalue weighted by Gasteiger charge is -2.19. The van der Waals surface area contributed by atoms with E-state index < -0.39 is 4.92 Å². The fourth-order valence-electron chi connectivity index (χ4n) is 1.36. The summed E-state index contributed by atoms with van der Waals surface area (Å²) in [6.45, 7) is 5.12.